The van der Waals surface area contributed by atoms with Gasteiger partial charge in [-0.15, -0.1) is 0 Å². The number of hydrogen-bond donors (Lipinski definition) is 3. The van der Waals surface area contributed by atoms with Crippen molar-refractivity contribution in [2.45, 2.75) is 117 Å². The summed E-state index contributed by atoms with van der Waals surface area (Å²) in [5.41, 5.74) is 2.72. The third-order valence-corrected chi connectivity index (χ3v) is 7.45. The maximum Gasteiger partial charge on any atom is 0.408 e. The molecule has 0 heterocycles. The molecule has 3 unspecified atom stereocenters. The minimum absolute atomic E-state index is 0.0499. The first-order valence-electron chi connectivity index (χ1n) is 14.8. The summed E-state index contributed by atoms with van der Waals surface area (Å²) in [7, 11) is 0. The fraction of sp³-hybridized carbons (Fsp3) is 0.545. The zero-order chi connectivity index (χ0) is 30.3. The Kier molecular flexibility index (Phi) is 10.8. The molecule has 3 rings (SSSR count). The Morgan fingerprint density at radius 3 is 2.27 bits per heavy atom. The number of aromatic hydroxyl groups is 1. The minimum atomic E-state index is -0.983. The van der Waals surface area contributed by atoms with E-state index in [1.807, 2.05) is 39.0 Å². The van der Waals surface area contributed by atoms with Gasteiger partial charge in [-0.25, -0.2) is 4.79 Å². The van der Waals surface area contributed by atoms with E-state index in [1.54, 1.807) is 49.9 Å². The standard InChI is InChI=1S/C33H47N3O5/c1-8-10-23(4)34-30(38)29(27-19-21(2)13-14-22(27)3)36(25-11-9-12-25)31(39)28(35-32(40)41-33(5,6)7)20-24-15-17-26(37)18-16-24/h13-19,23,25,28-29,37H,8-12,20H2,1-7H3,(H,34,38)(H,35,40). The fourth-order valence-electron chi connectivity index (χ4n) is 5.18. The number of rotatable bonds is 11. The number of nitrogens with one attached hydrogen (secondary N) is 2. The summed E-state index contributed by atoms with van der Waals surface area (Å²) in [6.07, 6.45) is 3.75. The van der Waals surface area contributed by atoms with E-state index in [-0.39, 0.29) is 36.1 Å². The molecular formula is C33H47N3O5. The normalized spacial score (nSPS) is 15.7. The molecule has 224 valence electrons. The van der Waals surface area contributed by atoms with Crippen LogP contribution in [0.5, 0.6) is 5.75 Å². The zero-order valence-corrected chi connectivity index (χ0v) is 25.6. The highest BCUT2D eigenvalue weighted by Gasteiger charge is 2.42. The lowest BCUT2D eigenvalue weighted by atomic mass is 9.86. The van der Waals surface area contributed by atoms with Gasteiger partial charge >= 0.3 is 6.09 Å². The van der Waals surface area contributed by atoms with E-state index < -0.39 is 23.8 Å². The molecule has 41 heavy (non-hydrogen) atoms. The van der Waals surface area contributed by atoms with Crippen molar-refractivity contribution in [2.75, 3.05) is 0 Å². The molecule has 0 spiro atoms. The molecule has 0 aromatic heterocycles. The van der Waals surface area contributed by atoms with E-state index in [9.17, 15) is 19.5 Å². The maximum absolute atomic E-state index is 14.6. The Morgan fingerprint density at radius 1 is 1.05 bits per heavy atom. The van der Waals surface area contributed by atoms with E-state index >= 15 is 0 Å². The van der Waals surface area contributed by atoms with Crippen LogP contribution in [0.15, 0.2) is 42.5 Å². The van der Waals surface area contributed by atoms with Crippen LogP contribution < -0.4 is 10.6 Å². The van der Waals surface area contributed by atoms with Crippen molar-refractivity contribution in [2.24, 2.45) is 0 Å². The van der Waals surface area contributed by atoms with Gasteiger partial charge in [-0.05, 0) is 96.0 Å². The largest absolute Gasteiger partial charge is 0.508 e. The SMILES string of the molecule is CCCC(C)NC(=O)C(c1cc(C)ccc1C)N(C(=O)C(Cc1ccc(O)cc1)NC(=O)OC(C)(C)C)C1CCC1. The number of carbonyl (C=O) groups excluding carboxylic acids is 3. The van der Waals surface area contributed by atoms with Crippen LogP contribution in [0.2, 0.25) is 0 Å². The van der Waals surface area contributed by atoms with Crippen LogP contribution in [-0.2, 0) is 20.7 Å². The van der Waals surface area contributed by atoms with Gasteiger partial charge in [0.05, 0.1) is 0 Å². The van der Waals surface area contributed by atoms with Gasteiger partial charge in [0.25, 0.3) is 0 Å². The number of alkyl carbamates (subject to hydrolysis) is 1. The molecule has 0 bridgehead atoms. The maximum atomic E-state index is 14.6. The van der Waals surface area contributed by atoms with Crippen molar-refractivity contribution in [3.63, 3.8) is 0 Å². The van der Waals surface area contributed by atoms with E-state index in [0.717, 1.165) is 54.4 Å². The third-order valence-electron chi connectivity index (χ3n) is 7.45. The number of amides is 3. The number of phenols is 1. The van der Waals surface area contributed by atoms with Gasteiger partial charge in [0.2, 0.25) is 11.8 Å². The highest BCUT2D eigenvalue weighted by molar-refractivity contribution is 5.93. The summed E-state index contributed by atoms with van der Waals surface area (Å²) in [6.45, 7) is 13.3. The average Bonchev–Trinajstić information content (AvgIpc) is 2.84. The van der Waals surface area contributed by atoms with Crippen LogP contribution in [0.4, 0.5) is 4.79 Å². The molecule has 3 atom stereocenters. The first kappa shape index (κ1) is 32.0. The Morgan fingerprint density at radius 2 is 1.71 bits per heavy atom. The smallest absolute Gasteiger partial charge is 0.408 e. The molecule has 0 saturated heterocycles. The molecule has 1 aliphatic carbocycles. The molecule has 1 fully saturated rings. The predicted octanol–water partition coefficient (Wildman–Crippen LogP) is 5.87. The first-order chi connectivity index (χ1) is 19.3. The molecule has 3 amide bonds. The second-order valence-corrected chi connectivity index (χ2v) is 12.4. The van der Waals surface area contributed by atoms with Crippen LogP contribution in [0, 0.1) is 13.8 Å². The third kappa shape index (κ3) is 8.97. The van der Waals surface area contributed by atoms with Crippen molar-refractivity contribution >= 4 is 17.9 Å². The number of aryl methyl sites for hydroxylation is 2. The van der Waals surface area contributed by atoms with E-state index in [1.165, 1.54) is 0 Å². The molecule has 2 aromatic carbocycles. The second-order valence-electron chi connectivity index (χ2n) is 12.4. The summed E-state index contributed by atoms with van der Waals surface area (Å²) in [4.78, 5) is 43.3. The quantitative estimate of drug-likeness (QED) is 0.316. The van der Waals surface area contributed by atoms with Crippen molar-refractivity contribution in [1.82, 2.24) is 15.5 Å². The van der Waals surface area contributed by atoms with Crippen molar-refractivity contribution in [3.8, 4) is 5.75 Å². The molecule has 0 radical (unpaired) electrons. The van der Waals surface area contributed by atoms with Gasteiger partial charge in [0.15, 0.2) is 0 Å². The van der Waals surface area contributed by atoms with Gasteiger partial charge in [0.1, 0.15) is 23.4 Å². The number of hydrogen-bond acceptors (Lipinski definition) is 5. The Balaban J connectivity index is 2.08. The first-order valence-corrected chi connectivity index (χ1v) is 14.8. The molecule has 0 aliphatic heterocycles. The van der Waals surface area contributed by atoms with E-state index in [4.69, 9.17) is 4.74 Å². The van der Waals surface area contributed by atoms with Crippen LogP contribution in [0.25, 0.3) is 0 Å². The summed E-state index contributed by atoms with van der Waals surface area (Å²) in [5.74, 6) is -0.445. The van der Waals surface area contributed by atoms with Crippen LogP contribution >= 0.6 is 0 Å². The highest BCUT2D eigenvalue weighted by atomic mass is 16.6. The summed E-state index contributed by atoms with van der Waals surface area (Å²) < 4.78 is 5.52. The van der Waals surface area contributed by atoms with Crippen molar-refractivity contribution in [1.29, 1.82) is 0 Å². The molecule has 1 saturated carbocycles. The molecule has 8 nitrogen and oxygen atoms in total. The number of benzene rings is 2. The topological polar surface area (TPSA) is 108 Å². The monoisotopic (exact) mass is 565 g/mol. The summed E-state index contributed by atoms with van der Waals surface area (Å²) in [6, 6.07) is 10.5. The van der Waals surface area contributed by atoms with Gasteiger partial charge in [-0.3, -0.25) is 9.59 Å². The fourth-order valence-corrected chi connectivity index (χ4v) is 5.18. The highest BCUT2D eigenvalue weighted by Crippen LogP contribution is 2.35. The van der Waals surface area contributed by atoms with Gasteiger partial charge in [0, 0.05) is 18.5 Å². The summed E-state index contributed by atoms with van der Waals surface area (Å²) in [5, 5.41) is 15.7. The Hall–Kier alpha value is -3.55. The van der Waals surface area contributed by atoms with Crippen LogP contribution in [-0.4, -0.2) is 51.6 Å². The van der Waals surface area contributed by atoms with Crippen LogP contribution in [0.3, 0.4) is 0 Å². The molecule has 8 heteroatoms. The second kappa shape index (κ2) is 13.9. The average molecular weight is 566 g/mol. The number of carbonyl (C=O) groups is 3. The lowest BCUT2D eigenvalue weighted by molar-refractivity contribution is -0.147. The number of ether oxygens (including phenoxy) is 1. The van der Waals surface area contributed by atoms with Gasteiger partial charge in [-0.1, -0.05) is 49.2 Å². The van der Waals surface area contributed by atoms with Crippen LogP contribution in [0.1, 0.15) is 95.0 Å². The van der Waals surface area contributed by atoms with E-state index in [0.29, 0.717) is 0 Å². The van der Waals surface area contributed by atoms with E-state index in [2.05, 4.69) is 17.6 Å². The lowest BCUT2D eigenvalue weighted by Crippen LogP contribution is -2.58. The van der Waals surface area contributed by atoms with Gasteiger partial charge < -0.3 is 25.4 Å². The molecule has 1 aliphatic rings. The Bertz CT molecular complexity index is 1200. The minimum Gasteiger partial charge on any atom is -0.508 e. The van der Waals surface area contributed by atoms with Crippen molar-refractivity contribution in [3.05, 3.63) is 64.7 Å². The number of phenolic OH excluding ortho intramolecular Hbond substituents is 1. The molecular weight excluding hydrogens is 518 g/mol. The predicted molar refractivity (Wildman–Crippen MR) is 161 cm³/mol. The summed E-state index contributed by atoms with van der Waals surface area (Å²) >= 11 is 0. The Labute approximate surface area is 244 Å². The zero-order valence-electron chi connectivity index (χ0n) is 25.6. The molecule has 2 aromatic rings. The van der Waals surface area contributed by atoms with Gasteiger partial charge in [-0.2, -0.15) is 0 Å². The van der Waals surface area contributed by atoms with Crippen molar-refractivity contribution < 1.29 is 24.2 Å². The number of nitrogens with zero attached hydrogens (tertiary/aromatic N) is 1. The molecule has 3 N–H and O–H groups in total. The lowest BCUT2D eigenvalue weighted by Gasteiger charge is -2.44.